The second-order valence-corrected chi connectivity index (χ2v) is 8.37. The molecule has 8 heteroatoms. The minimum Gasteiger partial charge on any atom is -0.334 e. The molecule has 0 bridgehead atoms. The molecule has 170 valence electrons. The monoisotopic (exact) mass is 474 g/mol. The highest BCUT2D eigenvalue weighted by molar-refractivity contribution is 6.30. The van der Waals surface area contributed by atoms with Crippen molar-refractivity contribution in [2.24, 2.45) is 0 Å². The number of carbonyl (C=O) groups excluding carboxylic acids is 1. The van der Waals surface area contributed by atoms with Crippen molar-refractivity contribution in [1.29, 1.82) is 0 Å². The number of aromatic nitrogens is 2. The molecule has 4 aromatic rings. The first-order valence-electron chi connectivity index (χ1n) is 10.7. The van der Waals surface area contributed by atoms with Crippen LogP contribution in [-0.4, -0.2) is 21.1 Å². The Morgan fingerprint density at radius 3 is 2.56 bits per heavy atom. The zero-order valence-corrected chi connectivity index (χ0v) is 19.0. The van der Waals surface area contributed by atoms with Crippen LogP contribution in [0.15, 0.2) is 89.1 Å². The first kappa shape index (κ1) is 21.9. The van der Waals surface area contributed by atoms with Crippen LogP contribution in [0.3, 0.4) is 0 Å². The largest absolute Gasteiger partial charge is 0.334 e. The van der Waals surface area contributed by atoms with E-state index in [1.807, 2.05) is 37.3 Å². The lowest BCUT2D eigenvalue weighted by Crippen LogP contribution is -2.45. The fourth-order valence-electron chi connectivity index (χ4n) is 4.00. The van der Waals surface area contributed by atoms with Crippen molar-refractivity contribution in [2.45, 2.75) is 19.5 Å². The maximum Gasteiger partial charge on any atom is 0.322 e. The summed E-state index contributed by atoms with van der Waals surface area (Å²) in [4.78, 5) is 19.3. The highest BCUT2D eigenvalue weighted by atomic mass is 35.5. The first-order valence-corrected chi connectivity index (χ1v) is 11.1. The first-order chi connectivity index (χ1) is 16.5. The van der Waals surface area contributed by atoms with Gasteiger partial charge in [-0.2, -0.15) is 4.98 Å². The third-order valence-electron chi connectivity index (χ3n) is 5.72. The summed E-state index contributed by atoms with van der Waals surface area (Å²) in [7, 11) is 0. The normalized spacial score (nSPS) is 16.0. The zero-order valence-electron chi connectivity index (χ0n) is 18.2. The molecule has 1 N–H and O–H groups in total. The van der Waals surface area contributed by atoms with Gasteiger partial charge in [-0.25, -0.2) is 9.18 Å². The topological polar surface area (TPSA) is 71.3 Å². The van der Waals surface area contributed by atoms with Crippen LogP contribution in [0.25, 0.3) is 17.0 Å². The molecule has 0 saturated heterocycles. The predicted molar refractivity (Wildman–Crippen MR) is 127 cm³/mol. The molecule has 1 aromatic heterocycles. The molecule has 5 rings (SSSR count). The van der Waals surface area contributed by atoms with Crippen LogP contribution < -0.4 is 5.32 Å². The second-order valence-electron chi connectivity index (χ2n) is 7.94. The van der Waals surface area contributed by atoms with Gasteiger partial charge in [0.25, 0.3) is 5.89 Å². The number of urea groups is 1. The van der Waals surface area contributed by atoms with E-state index in [9.17, 15) is 9.18 Å². The molecule has 0 radical (unpaired) electrons. The number of hydrogen-bond donors (Lipinski definition) is 1. The molecule has 1 aliphatic rings. The molecule has 0 fully saturated rings. The zero-order chi connectivity index (χ0) is 23.7. The van der Waals surface area contributed by atoms with Crippen molar-refractivity contribution in [3.63, 3.8) is 0 Å². The lowest BCUT2D eigenvalue weighted by atomic mass is 9.94. The molecular formula is C26H20ClFN4O2. The Labute approximate surface area is 200 Å². The highest BCUT2D eigenvalue weighted by Crippen LogP contribution is 2.38. The Morgan fingerprint density at radius 1 is 1.06 bits per heavy atom. The maximum atomic E-state index is 14.1. The van der Waals surface area contributed by atoms with Crippen LogP contribution in [0, 0.1) is 5.82 Å². The van der Waals surface area contributed by atoms with Crippen LogP contribution >= 0.6 is 11.6 Å². The van der Waals surface area contributed by atoms with E-state index in [0.29, 0.717) is 34.2 Å². The van der Waals surface area contributed by atoms with Crippen molar-refractivity contribution in [3.8, 4) is 11.4 Å². The molecule has 1 aliphatic heterocycles. The smallest absolute Gasteiger partial charge is 0.322 e. The lowest BCUT2D eigenvalue weighted by molar-refractivity contribution is 0.203. The van der Waals surface area contributed by atoms with Gasteiger partial charge in [-0.1, -0.05) is 59.2 Å². The summed E-state index contributed by atoms with van der Waals surface area (Å²) in [6.45, 7) is 2.19. The van der Waals surface area contributed by atoms with Crippen LogP contribution in [0.1, 0.15) is 30.0 Å². The van der Waals surface area contributed by atoms with Gasteiger partial charge in [0.05, 0.1) is 18.2 Å². The minimum atomic E-state index is -0.659. The minimum absolute atomic E-state index is 0.245. The summed E-state index contributed by atoms with van der Waals surface area (Å²) in [5, 5.41) is 7.71. The SMILES string of the molecule is CC1=C(c2nc(-c3ccc(Cl)cc3)no2)C(c2cccc(F)c2)NC(=O)N1Cc1ccccc1. The van der Waals surface area contributed by atoms with Gasteiger partial charge in [0.15, 0.2) is 0 Å². The number of allylic oxidation sites excluding steroid dienone is 1. The summed E-state index contributed by atoms with van der Waals surface area (Å²) >= 11 is 5.99. The van der Waals surface area contributed by atoms with Crippen molar-refractivity contribution in [1.82, 2.24) is 20.4 Å². The molecule has 3 aromatic carbocycles. The molecule has 2 amide bonds. The molecule has 0 saturated carbocycles. The van der Waals surface area contributed by atoms with Gasteiger partial charge in [0.2, 0.25) is 5.82 Å². The molecule has 0 spiro atoms. The quantitative estimate of drug-likeness (QED) is 0.372. The van der Waals surface area contributed by atoms with Gasteiger partial charge in [-0.15, -0.1) is 0 Å². The lowest BCUT2D eigenvalue weighted by Gasteiger charge is -2.35. The van der Waals surface area contributed by atoms with E-state index in [1.54, 1.807) is 41.3 Å². The van der Waals surface area contributed by atoms with E-state index in [-0.39, 0.29) is 11.9 Å². The molecule has 1 unspecified atom stereocenters. The molecule has 0 aliphatic carbocycles. The third kappa shape index (κ3) is 4.30. The van der Waals surface area contributed by atoms with Crippen LogP contribution in [0.5, 0.6) is 0 Å². The standard InChI is InChI=1S/C26H20ClFN4O2/c1-16-22(25-30-24(31-34-25)18-10-12-20(27)13-11-18)23(19-8-5-9-21(28)14-19)29-26(33)32(16)15-17-6-3-2-4-7-17/h2-14,23H,15H2,1H3,(H,29,33). The van der Waals surface area contributed by atoms with Gasteiger partial charge in [0, 0.05) is 16.3 Å². The van der Waals surface area contributed by atoms with Gasteiger partial charge in [-0.3, -0.25) is 4.90 Å². The van der Waals surface area contributed by atoms with E-state index in [0.717, 1.165) is 11.1 Å². The van der Waals surface area contributed by atoms with Gasteiger partial charge < -0.3 is 9.84 Å². The predicted octanol–water partition coefficient (Wildman–Crippen LogP) is 6.23. The third-order valence-corrected chi connectivity index (χ3v) is 5.97. The molecule has 1 atom stereocenters. The molecule has 2 heterocycles. The second kappa shape index (κ2) is 9.11. The van der Waals surface area contributed by atoms with Crippen LogP contribution in [0.2, 0.25) is 5.02 Å². The van der Waals surface area contributed by atoms with E-state index in [2.05, 4.69) is 15.5 Å². The van der Waals surface area contributed by atoms with Crippen LogP contribution in [0.4, 0.5) is 9.18 Å². The van der Waals surface area contributed by atoms with Crippen molar-refractivity contribution in [3.05, 3.63) is 112 Å². The van der Waals surface area contributed by atoms with Gasteiger partial charge in [-0.05, 0) is 54.4 Å². The maximum absolute atomic E-state index is 14.1. The average molecular weight is 475 g/mol. The Kier molecular flexibility index (Phi) is 5.86. The summed E-state index contributed by atoms with van der Waals surface area (Å²) in [6, 6.07) is 21.9. The number of benzene rings is 3. The summed E-state index contributed by atoms with van der Waals surface area (Å²) in [5.74, 6) is 0.231. The summed E-state index contributed by atoms with van der Waals surface area (Å²) in [6.07, 6.45) is 0. The Bertz CT molecular complexity index is 1370. The summed E-state index contributed by atoms with van der Waals surface area (Å²) < 4.78 is 19.7. The Balaban J connectivity index is 1.60. The Hall–Kier alpha value is -3.97. The number of rotatable bonds is 5. The summed E-state index contributed by atoms with van der Waals surface area (Å²) in [5.41, 5.74) is 3.53. The van der Waals surface area contributed by atoms with Gasteiger partial charge in [0.1, 0.15) is 5.82 Å². The number of halogens is 2. The Morgan fingerprint density at radius 2 is 1.82 bits per heavy atom. The van der Waals surface area contributed by atoms with E-state index in [4.69, 9.17) is 16.1 Å². The van der Waals surface area contributed by atoms with Crippen molar-refractivity contribution in [2.75, 3.05) is 0 Å². The van der Waals surface area contributed by atoms with Crippen LogP contribution in [-0.2, 0) is 6.54 Å². The number of nitrogens with one attached hydrogen (secondary N) is 1. The van der Waals surface area contributed by atoms with Gasteiger partial charge >= 0.3 is 6.03 Å². The number of nitrogens with zero attached hydrogens (tertiary/aromatic N) is 3. The molecule has 34 heavy (non-hydrogen) atoms. The molecular weight excluding hydrogens is 455 g/mol. The average Bonchev–Trinajstić information content (AvgIpc) is 3.32. The fourth-order valence-corrected chi connectivity index (χ4v) is 4.13. The number of amides is 2. The van der Waals surface area contributed by atoms with E-state index < -0.39 is 11.9 Å². The van der Waals surface area contributed by atoms with E-state index >= 15 is 0 Å². The van der Waals surface area contributed by atoms with Crippen molar-refractivity contribution >= 4 is 23.2 Å². The van der Waals surface area contributed by atoms with Crippen molar-refractivity contribution < 1.29 is 13.7 Å². The number of hydrogen-bond acceptors (Lipinski definition) is 4. The highest BCUT2D eigenvalue weighted by Gasteiger charge is 2.36. The number of carbonyl (C=O) groups is 1. The fraction of sp³-hybridized carbons (Fsp3) is 0.115. The molecule has 6 nitrogen and oxygen atoms in total. The van der Waals surface area contributed by atoms with E-state index in [1.165, 1.54) is 12.1 Å².